The Morgan fingerprint density at radius 3 is 1.54 bits per heavy atom. The molecule has 4 heteroatoms. The number of para-hydroxylation sites is 2. The SMILES string of the molecule is N=C(/N=C/C(=C\C(=C/N)c1ccccc1)c1ccccc1)c1ccc(-c2ccc(-c3ccc4c(c3)-c3ccccc3C43c4ccccc4Oc4ccccc43)cc2)cc1. The van der Waals surface area contributed by atoms with Gasteiger partial charge in [0.05, 0.1) is 5.41 Å². The molecule has 8 aromatic carbocycles. The maximum Gasteiger partial charge on any atom is 0.151 e. The Bertz CT molecular complexity index is 2920. The molecule has 4 nitrogen and oxygen atoms in total. The van der Waals surface area contributed by atoms with Crippen molar-refractivity contribution in [3.05, 3.63) is 251 Å². The van der Waals surface area contributed by atoms with Crippen LogP contribution in [0.2, 0.25) is 0 Å². The number of nitrogens with two attached hydrogens (primary N) is 1. The topological polar surface area (TPSA) is 71.5 Å². The van der Waals surface area contributed by atoms with Crippen LogP contribution in [-0.2, 0) is 5.41 Å². The number of hydrogen-bond acceptors (Lipinski definition) is 3. The minimum Gasteiger partial charge on any atom is -0.457 e. The first kappa shape index (κ1) is 35.6. The summed E-state index contributed by atoms with van der Waals surface area (Å²) < 4.78 is 6.49. The summed E-state index contributed by atoms with van der Waals surface area (Å²) in [6.07, 6.45) is 5.36. The summed E-state index contributed by atoms with van der Waals surface area (Å²) in [5, 5.41) is 8.84. The number of fused-ring (bicyclic) bond motifs is 9. The Labute approximate surface area is 344 Å². The summed E-state index contributed by atoms with van der Waals surface area (Å²) in [7, 11) is 0. The maximum absolute atomic E-state index is 8.84. The fraction of sp³-hybridized carbons (Fsp3) is 0.0182. The van der Waals surface area contributed by atoms with E-state index in [-0.39, 0.29) is 5.84 Å². The first-order valence-electron chi connectivity index (χ1n) is 19.8. The lowest BCUT2D eigenvalue weighted by molar-refractivity contribution is 0.436. The molecule has 0 fully saturated rings. The Hall–Kier alpha value is -7.82. The number of benzene rings is 8. The second-order valence-electron chi connectivity index (χ2n) is 14.9. The largest absolute Gasteiger partial charge is 0.457 e. The van der Waals surface area contributed by atoms with Gasteiger partial charge in [-0.3, -0.25) is 5.41 Å². The van der Waals surface area contributed by atoms with Crippen LogP contribution in [0, 0.1) is 5.41 Å². The standard InChI is InChI=1S/C55H39N3O/c56-35-44(37-13-3-1-4-14-37)33-45(38-15-5-2-6-16-38)36-58-54(57)42-29-27-40(28-30-42)39-23-25-41(26-24-39)43-31-32-49-47(34-43)46-17-7-8-18-48(46)55(49)50-19-9-11-21-52(50)59-53-22-12-10-20-51(53)55/h1-36,57H,56H2/b44-35+,45-33+,57-54?,58-36+. The summed E-state index contributed by atoms with van der Waals surface area (Å²) >= 11 is 0. The van der Waals surface area contributed by atoms with E-state index in [4.69, 9.17) is 15.9 Å². The normalized spacial score (nSPS) is 13.6. The lowest BCUT2D eigenvalue weighted by Crippen LogP contribution is -2.32. The highest BCUT2D eigenvalue weighted by atomic mass is 16.5. The van der Waals surface area contributed by atoms with Gasteiger partial charge in [0.1, 0.15) is 11.5 Å². The minimum atomic E-state index is -0.470. The molecule has 0 bridgehead atoms. The van der Waals surface area contributed by atoms with Gasteiger partial charge in [0, 0.05) is 34.7 Å². The number of rotatable bonds is 7. The zero-order valence-corrected chi connectivity index (χ0v) is 32.2. The van der Waals surface area contributed by atoms with Crippen molar-refractivity contribution in [2.45, 2.75) is 5.41 Å². The van der Waals surface area contributed by atoms with Gasteiger partial charge in [-0.2, -0.15) is 0 Å². The molecule has 10 rings (SSSR count). The molecule has 0 unspecified atom stereocenters. The quantitative estimate of drug-likeness (QED) is 0.0965. The van der Waals surface area contributed by atoms with Gasteiger partial charge < -0.3 is 10.5 Å². The molecule has 8 aromatic rings. The number of allylic oxidation sites excluding steroid dienone is 3. The second kappa shape index (κ2) is 14.9. The summed E-state index contributed by atoms with van der Waals surface area (Å²) in [5.74, 6) is 1.97. The maximum atomic E-state index is 8.84. The van der Waals surface area contributed by atoms with Gasteiger partial charge in [-0.1, -0.05) is 182 Å². The molecule has 1 aliphatic carbocycles. The average molecular weight is 758 g/mol. The van der Waals surface area contributed by atoms with E-state index in [1.807, 2.05) is 78.9 Å². The smallest absolute Gasteiger partial charge is 0.151 e. The molecule has 0 saturated heterocycles. The third kappa shape index (κ3) is 6.19. The van der Waals surface area contributed by atoms with Gasteiger partial charge in [0.15, 0.2) is 5.84 Å². The predicted molar refractivity (Wildman–Crippen MR) is 243 cm³/mol. The molecule has 0 amide bonds. The van der Waals surface area contributed by atoms with Gasteiger partial charge >= 0.3 is 0 Å². The third-order valence-corrected chi connectivity index (χ3v) is 11.6. The Morgan fingerprint density at radius 2 is 0.932 bits per heavy atom. The van der Waals surface area contributed by atoms with Crippen LogP contribution < -0.4 is 10.5 Å². The highest BCUT2D eigenvalue weighted by Crippen LogP contribution is 2.62. The van der Waals surface area contributed by atoms with Gasteiger partial charge in [-0.25, -0.2) is 4.99 Å². The Kier molecular flexibility index (Phi) is 9.00. The molecule has 1 aliphatic heterocycles. The highest BCUT2D eigenvalue weighted by molar-refractivity contribution is 6.17. The van der Waals surface area contributed by atoms with E-state index >= 15 is 0 Å². The number of hydrogen-bond donors (Lipinski definition) is 2. The van der Waals surface area contributed by atoms with Crippen LogP contribution >= 0.6 is 0 Å². The molecule has 1 spiro atoms. The first-order chi connectivity index (χ1) is 29.1. The van der Waals surface area contributed by atoms with Crippen LogP contribution in [0.15, 0.2) is 217 Å². The van der Waals surface area contributed by atoms with Gasteiger partial charge in [0.2, 0.25) is 0 Å². The van der Waals surface area contributed by atoms with Crippen LogP contribution in [0.3, 0.4) is 0 Å². The van der Waals surface area contributed by atoms with Gasteiger partial charge in [-0.05, 0) is 85.5 Å². The lowest BCUT2D eigenvalue weighted by atomic mass is 9.66. The van der Waals surface area contributed by atoms with Crippen molar-refractivity contribution >= 4 is 23.2 Å². The van der Waals surface area contributed by atoms with Crippen molar-refractivity contribution < 1.29 is 4.74 Å². The zero-order chi connectivity index (χ0) is 39.8. The van der Waals surface area contributed by atoms with E-state index in [1.165, 1.54) is 38.9 Å². The number of nitrogens with zero attached hydrogens (tertiary/aromatic N) is 1. The fourth-order valence-corrected chi connectivity index (χ4v) is 8.77. The van der Waals surface area contributed by atoms with E-state index in [9.17, 15) is 0 Å². The van der Waals surface area contributed by atoms with Crippen LogP contribution in [0.4, 0.5) is 0 Å². The van der Waals surface area contributed by atoms with E-state index in [0.717, 1.165) is 56.0 Å². The molecule has 0 aromatic heterocycles. The lowest BCUT2D eigenvalue weighted by Gasteiger charge is -2.39. The summed E-state index contributed by atoms with van der Waals surface area (Å²) in [5.41, 5.74) is 21.9. The molecular weight excluding hydrogens is 719 g/mol. The van der Waals surface area contributed by atoms with E-state index in [1.54, 1.807) is 12.4 Å². The summed E-state index contributed by atoms with van der Waals surface area (Å²) in [4.78, 5) is 4.60. The van der Waals surface area contributed by atoms with E-state index in [2.05, 4.69) is 132 Å². The molecule has 280 valence electrons. The van der Waals surface area contributed by atoms with Crippen LogP contribution in [0.5, 0.6) is 11.5 Å². The second-order valence-corrected chi connectivity index (χ2v) is 14.9. The molecule has 0 atom stereocenters. The van der Waals surface area contributed by atoms with Crippen molar-refractivity contribution in [2.75, 3.05) is 0 Å². The molecule has 1 heterocycles. The van der Waals surface area contributed by atoms with Crippen molar-refractivity contribution in [2.24, 2.45) is 10.7 Å². The van der Waals surface area contributed by atoms with Crippen LogP contribution in [0.25, 0.3) is 44.5 Å². The molecule has 0 radical (unpaired) electrons. The van der Waals surface area contributed by atoms with Crippen LogP contribution in [-0.4, -0.2) is 12.1 Å². The number of nitrogens with one attached hydrogen (secondary N) is 1. The zero-order valence-electron chi connectivity index (χ0n) is 32.2. The van der Waals surface area contributed by atoms with Crippen molar-refractivity contribution in [1.82, 2.24) is 0 Å². The van der Waals surface area contributed by atoms with Crippen LogP contribution in [0.1, 0.15) is 38.9 Å². The summed E-state index contributed by atoms with van der Waals surface area (Å²) in [6, 6.07) is 69.5. The highest BCUT2D eigenvalue weighted by Gasteiger charge is 2.50. The van der Waals surface area contributed by atoms with Gasteiger partial charge in [0.25, 0.3) is 0 Å². The number of amidine groups is 1. The Morgan fingerprint density at radius 1 is 0.458 bits per heavy atom. The molecule has 59 heavy (non-hydrogen) atoms. The fourth-order valence-electron chi connectivity index (χ4n) is 8.77. The molecule has 0 saturated carbocycles. The third-order valence-electron chi connectivity index (χ3n) is 11.6. The van der Waals surface area contributed by atoms with Crippen molar-refractivity contribution in [3.8, 4) is 44.9 Å². The van der Waals surface area contributed by atoms with Gasteiger partial charge in [-0.15, -0.1) is 0 Å². The van der Waals surface area contributed by atoms with E-state index in [0.29, 0.717) is 0 Å². The molecule has 3 N–H and O–H groups in total. The van der Waals surface area contributed by atoms with E-state index < -0.39 is 5.41 Å². The minimum absolute atomic E-state index is 0.180. The monoisotopic (exact) mass is 757 g/mol. The molecule has 2 aliphatic rings. The molecular formula is C55H39N3O. The van der Waals surface area contributed by atoms with Crippen molar-refractivity contribution in [1.29, 1.82) is 5.41 Å². The van der Waals surface area contributed by atoms with Crippen molar-refractivity contribution in [3.63, 3.8) is 0 Å². The number of ether oxygens (including phenoxy) is 1. The summed E-state index contributed by atoms with van der Waals surface area (Å²) in [6.45, 7) is 0. The first-order valence-corrected chi connectivity index (χ1v) is 19.8. The number of aliphatic imine (C=N–C) groups is 1. The Balaban J connectivity index is 0.923. The predicted octanol–water partition coefficient (Wildman–Crippen LogP) is 13.0. The average Bonchev–Trinajstić information content (AvgIpc) is 3.59.